The zero-order valence-corrected chi connectivity index (χ0v) is 10.8. The monoisotopic (exact) mass is 254 g/mol. The smallest absolute Gasteiger partial charge is 0.0916 e. The van der Waals surface area contributed by atoms with E-state index < -0.39 is 6.10 Å². The Kier molecular flexibility index (Phi) is 3.58. The van der Waals surface area contributed by atoms with Crippen LogP contribution in [0.5, 0.6) is 0 Å². The summed E-state index contributed by atoms with van der Waals surface area (Å²) in [6, 6.07) is 15.9. The zero-order valence-electron chi connectivity index (χ0n) is 10.8. The molecule has 19 heavy (non-hydrogen) atoms. The molecule has 98 valence electrons. The van der Waals surface area contributed by atoms with Crippen molar-refractivity contribution in [2.45, 2.75) is 12.0 Å². The molecule has 3 rings (SSSR count). The molecule has 0 radical (unpaired) electrons. The number of nitrogens with zero attached hydrogens (tertiary/aromatic N) is 2. The van der Waals surface area contributed by atoms with Crippen LogP contribution in [-0.4, -0.2) is 34.6 Å². The fourth-order valence-electron chi connectivity index (χ4n) is 2.55. The van der Waals surface area contributed by atoms with E-state index in [0.29, 0.717) is 12.5 Å². The van der Waals surface area contributed by atoms with Crippen molar-refractivity contribution >= 4 is 0 Å². The molecule has 1 atom stereocenters. The molecule has 1 aliphatic heterocycles. The Hall–Kier alpha value is -1.71. The SMILES string of the molecule is O[C@H](CN1CC(c2ccccn2)C1)c1ccccc1. The maximum Gasteiger partial charge on any atom is 0.0916 e. The molecule has 1 aromatic carbocycles. The van der Waals surface area contributed by atoms with Gasteiger partial charge in [0.05, 0.1) is 6.10 Å². The number of hydrogen-bond acceptors (Lipinski definition) is 3. The fourth-order valence-corrected chi connectivity index (χ4v) is 2.55. The summed E-state index contributed by atoms with van der Waals surface area (Å²) in [5, 5.41) is 10.2. The normalized spacial score (nSPS) is 17.9. The average molecular weight is 254 g/mol. The standard InChI is InChI=1S/C16H18N2O/c19-16(13-6-2-1-3-7-13)12-18-10-14(11-18)15-8-4-5-9-17-15/h1-9,14,16,19H,10-12H2/t16-/m1/s1. The Morgan fingerprint density at radius 2 is 1.84 bits per heavy atom. The second-order valence-electron chi connectivity index (χ2n) is 5.10. The first-order valence-corrected chi connectivity index (χ1v) is 6.69. The van der Waals surface area contributed by atoms with E-state index >= 15 is 0 Å². The molecular weight excluding hydrogens is 236 g/mol. The van der Waals surface area contributed by atoms with Gasteiger partial charge in [0, 0.05) is 37.4 Å². The molecule has 3 nitrogen and oxygen atoms in total. The predicted octanol–water partition coefficient (Wildman–Crippen LogP) is 2.21. The number of benzene rings is 1. The summed E-state index contributed by atoms with van der Waals surface area (Å²) >= 11 is 0. The maximum absolute atomic E-state index is 10.2. The second-order valence-corrected chi connectivity index (χ2v) is 5.10. The lowest BCUT2D eigenvalue weighted by molar-refractivity contribution is 0.0635. The second kappa shape index (κ2) is 5.51. The minimum atomic E-state index is -0.397. The van der Waals surface area contributed by atoms with Crippen molar-refractivity contribution in [1.29, 1.82) is 0 Å². The molecule has 1 aromatic heterocycles. The zero-order chi connectivity index (χ0) is 13.1. The lowest BCUT2D eigenvalue weighted by Gasteiger charge is -2.40. The third-order valence-corrected chi connectivity index (χ3v) is 3.68. The largest absolute Gasteiger partial charge is 0.387 e. The van der Waals surface area contributed by atoms with Crippen LogP contribution in [0.4, 0.5) is 0 Å². The van der Waals surface area contributed by atoms with E-state index in [1.54, 1.807) is 0 Å². The van der Waals surface area contributed by atoms with E-state index in [1.807, 2.05) is 48.7 Å². The predicted molar refractivity (Wildman–Crippen MR) is 74.8 cm³/mol. The van der Waals surface area contributed by atoms with Crippen molar-refractivity contribution in [2.75, 3.05) is 19.6 Å². The number of likely N-dealkylation sites (tertiary alicyclic amines) is 1. The third kappa shape index (κ3) is 2.83. The van der Waals surface area contributed by atoms with Gasteiger partial charge in [-0.25, -0.2) is 0 Å². The van der Waals surface area contributed by atoms with Crippen LogP contribution in [0.15, 0.2) is 54.7 Å². The van der Waals surface area contributed by atoms with E-state index in [-0.39, 0.29) is 0 Å². The summed E-state index contributed by atoms with van der Waals surface area (Å²) < 4.78 is 0. The van der Waals surface area contributed by atoms with Gasteiger partial charge in [0.2, 0.25) is 0 Å². The van der Waals surface area contributed by atoms with Gasteiger partial charge in [0.25, 0.3) is 0 Å². The Balaban J connectivity index is 1.52. The molecule has 1 fully saturated rings. The van der Waals surface area contributed by atoms with Crippen LogP contribution in [-0.2, 0) is 0 Å². The Morgan fingerprint density at radius 1 is 1.11 bits per heavy atom. The number of aliphatic hydroxyl groups excluding tert-OH is 1. The minimum Gasteiger partial charge on any atom is -0.387 e. The number of aromatic nitrogens is 1. The molecule has 0 aliphatic carbocycles. The van der Waals surface area contributed by atoms with Crippen LogP contribution in [0.1, 0.15) is 23.3 Å². The van der Waals surface area contributed by atoms with Gasteiger partial charge in [0.1, 0.15) is 0 Å². The lowest BCUT2D eigenvalue weighted by Crippen LogP contribution is -2.46. The molecule has 1 aliphatic rings. The minimum absolute atomic E-state index is 0.397. The van der Waals surface area contributed by atoms with Gasteiger partial charge in [-0.2, -0.15) is 0 Å². The van der Waals surface area contributed by atoms with Crippen molar-refractivity contribution in [3.8, 4) is 0 Å². The number of aliphatic hydroxyl groups is 1. The van der Waals surface area contributed by atoms with Crippen molar-refractivity contribution in [2.24, 2.45) is 0 Å². The maximum atomic E-state index is 10.2. The highest BCUT2D eigenvalue weighted by Crippen LogP contribution is 2.27. The molecule has 1 N–H and O–H groups in total. The van der Waals surface area contributed by atoms with Gasteiger partial charge in [-0.15, -0.1) is 0 Å². The van der Waals surface area contributed by atoms with E-state index in [9.17, 15) is 5.11 Å². The molecule has 0 saturated carbocycles. The number of hydrogen-bond donors (Lipinski definition) is 1. The molecule has 2 aromatic rings. The van der Waals surface area contributed by atoms with Crippen LogP contribution in [0.3, 0.4) is 0 Å². The Labute approximate surface area is 113 Å². The molecule has 1 saturated heterocycles. The first-order chi connectivity index (χ1) is 9.33. The van der Waals surface area contributed by atoms with Gasteiger partial charge in [-0.3, -0.25) is 9.88 Å². The highest BCUT2D eigenvalue weighted by atomic mass is 16.3. The fraction of sp³-hybridized carbons (Fsp3) is 0.312. The van der Waals surface area contributed by atoms with E-state index in [2.05, 4.69) is 16.0 Å². The van der Waals surface area contributed by atoms with E-state index in [4.69, 9.17) is 0 Å². The van der Waals surface area contributed by atoms with Crippen molar-refractivity contribution in [3.05, 3.63) is 66.0 Å². The molecule has 0 unspecified atom stereocenters. The van der Waals surface area contributed by atoms with Crippen molar-refractivity contribution < 1.29 is 5.11 Å². The quantitative estimate of drug-likeness (QED) is 0.909. The summed E-state index contributed by atoms with van der Waals surface area (Å²) in [7, 11) is 0. The third-order valence-electron chi connectivity index (χ3n) is 3.68. The molecule has 0 amide bonds. The summed E-state index contributed by atoms with van der Waals surface area (Å²) in [4.78, 5) is 6.66. The highest BCUT2D eigenvalue weighted by Gasteiger charge is 2.30. The molecule has 0 spiro atoms. The summed E-state index contributed by atoms with van der Waals surface area (Å²) in [6.07, 6.45) is 1.45. The number of β-amino-alcohol motifs (C(OH)–C–C–N with tert-alkyl or cyclic N) is 1. The summed E-state index contributed by atoms with van der Waals surface area (Å²) in [5.41, 5.74) is 2.15. The van der Waals surface area contributed by atoms with Crippen LogP contribution >= 0.6 is 0 Å². The average Bonchev–Trinajstić information content (AvgIpc) is 2.44. The first kappa shape index (κ1) is 12.3. The van der Waals surface area contributed by atoms with Crippen LogP contribution < -0.4 is 0 Å². The van der Waals surface area contributed by atoms with E-state index in [0.717, 1.165) is 24.3 Å². The summed E-state index contributed by atoms with van der Waals surface area (Å²) in [6.45, 7) is 2.68. The topological polar surface area (TPSA) is 36.4 Å². The highest BCUT2D eigenvalue weighted by molar-refractivity contribution is 5.19. The van der Waals surface area contributed by atoms with Crippen LogP contribution in [0.2, 0.25) is 0 Å². The van der Waals surface area contributed by atoms with Gasteiger partial charge < -0.3 is 5.11 Å². The van der Waals surface area contributed by atoms with Gasteiger partial charge >= 0.3 is 0 Å². The number of rotatable bonds is 4. The Morgan fingerprint density at radius 3 is 2.53 bits per heavy atom. The first-order valence-electron chi connectivity index (χ1n) is 6.69. The number of pyridine rings is 1. The molecule has 0 bridgehead atoms. The van der Waals surface area contributed by atoms with E-state index in [1.165, 1.54) is 0 Å². The van der Waals surface area contributed by atoms with Crippen LogP contribution in [0.25, 0.3) is 0 Å². The van der Waals surface area contributed by atoms with Gasteiger partial charge in [-0.1, -0.05) is 36.4 Å². The van der Waals surface area contributed by atoms with Gasteiger partial charge in [-0.05, 0) is 17.7 Å². The summed E-state index contributed by atoms with van der Waals surface area (Å²) in [5.74, 6) is 0.518. The molecular formula is C16H18N2O. The van der Waals surface area contributed by atoms with Crippen molar-refractivity contribution in [3.63, 3.8) is 0 Å². The Bertz CT molecular complexity index is 509. The lowest BCUT2D eigenvalue weighted by atomic mass is 9.94. The van der Waals surface area contributed by atoms with Gasteiger partial charge in [0.15, 0.2) is 0 Å². The van der Waals surface area contributed by atoms with Crippen LogP contribution in [0, 0.1) is 0 Å². The van der Waals surface area contributed by atoms with Crippen molar-refractivity contribution in [1.82, 2.24) is 9.88 Å². The molecule has 2 heterocycles. The molecule has 3 heteroatoms.